The average molecular weight is 278 g/mol. The molecule has 1 unspecified atom stereocenters. The zero-order chi connectivity index (χ0) is 12.8. The number of ketones is 2. The minimum Gasteiger partial charge on any atom is -0.299 e. The summed E-state index contributed by atoms with van der Waals surface area (Å²) in [6.07, 6.45) is 0.660. The topological polar surface area (TPSA) is 34.1 Å². The summed E-state index contributed by atoms with van der Waals surface area (Å²) in [4.78, 5) is 24.1. The van der Waals surface area contributed by atoms with Gasteiger partial charge in [0.1, 0.15) is 5.78 Å². The van der Waals surface area contributed by atoms with Crippen LogP contribution in [0.25, 0.3) is 0 Å². The Morgan fingerprint density at radius 2 is 1.94 bits per heavy atom. The fraction of sp³-hybridized carbons (Fsp3) is 0.429. The molecule has 0 bridgehead atoms. The quantitative estimate of drug-likeness (QED) is 0.739. The van der Waals surface area contributed by atoms with Gasteiger partial charge in [-0.25, -0.2) is 0 Å². The number of thioether (sulfide) groups is 2. The Labute approximate surface area is 115 Å². The molecule has 0 amide bonds. The molecule has 94 valence electrons. The van der Waals surface area contributed by atoms with Gasteiger partial charge in [0, 0.05) is 17.1 Å². The van der Waals surface area contributed by atoms with E-state index in [9.17, 15) is 9.59 Å². The largest absolute Gasteiger partial charge is 0.299 e. The molecule has 1 aromatic rings. The molecule has 18 heavy (non-hydrogen) atoms. The molecule has 3 rings (SSSR count). The van der Waals surface area contributed by atoms with Crippen LogP contribution in [-0.4, -0.2) is 23.1 Å². The molecule has 1 aliphatic carbocycles. The van der Waals surface area contributed by atoms with Gasteiger partial charge in [-0.3, -0.25) is 9.59 Å². The van der Waals surface area contributed by atoms with Gasteiger partial charge in [0.05, 0.1) is 10.00 Å². The Morgan fingerprint density at radius 1 is 1.28 bits per heavy atom. The third kappa shape index (κ3) is 1.74. The summed E-state index contributed by atoms with van der Waals surface area (Å²) in [5.74, 6) is 1.76. The predicted octanol–water partition coefficient (Wildman–Crippen LogP) is 3.11. The summed E-state index contributed by atoms with van der Waals surface area (Å²) in [6, 6.07) is 7.79. The number of carbonyl (C=O) groups is 2. The molecule has 1 saturated heterocycles. The van der Waals surface area contributed by atoms with Gasteiger partial charge in [-0.2, -0.15) is 0 Å². The summed E-state index contributed by atoms with van der Waals surface area (Å²) in [7, 11) is 0. The van der Waals surface area contributed by atoms with Crippen molar-refractivity contribution in [2.24, 2.45) is 5.92 Å². The number of rotatable bonds is 1. The lowest BCUT2D eigenvalue weighted by molar-refractivity contribution is -0.119. The lowest BCUT2D eigenvalue weighted by Gasteiger charge is -2.36. The first-order valence-electron chi connectivity index (χ1n) is 6.06. The van der Waals surface area contributed by atoms with Crippen LogP contribution in [0.4, 0.5) is 0 Å². The molecule has 1 aromatic carbocycles. The second kappa shape index (κ2) is 4.42. The summed E-state index contributed by atoms with van der Waals surface area (Å²) in [6.45, 7) is 1.54. The number of hydrogen-bond donors (Lipinski definition) is 0. The highest BCUT2D eigenvalue weighted by atomic mass is 32.2. The first-order valence-corrected chi connectivity index (χ1v) is 8.03. The van der Waals surface area contributed by atoms with Crippen molar-refractivity contribution < 1.29 is 9.59 Å². The van der Waals surface area contributed by atoms with Crippen LogP contribution in [0.1, 0.15) is 29.3 Å². The maximum absolute atomic E-state index is 12.4. The van der Waals surface area contributed by atoms with Crippen molar-refractivity contribution in [3.63, 3.8) is 0 Å². The highest BCUT2D eigenvalue weighted by Gasteiger charge is 2.48. The van der Waals surface area contributed by atoms with E-state index in [0.717, 1.165) is 22.6 Å². The second-order valence-corrected chi connectivity index (χ2v) is 7.77. The third-order valence-electron chi connectivity index (χ3n) is 3.64. The van der Waals surface area contributed by atoms with Crippen LogP contribution in [0, 0.1) is 5.92 Å². The van der Waals surface area contributed by atoms with E-state index < -0.39 is 5.92 Å². The van der Waals surface area contributed by atoms with Gasteiger partial charge in [0.15, 0.2) is 5.78 Å². The van der Waals surface area contributed by atoms with E-state index in [-0.39, 0.29) is 15.6 Å². The standard InChI is InChI=1S/C14H14O2S2/c1-9(15)11-8-14(17-6-7-18-14)12-5-3-2-4-10(12)13(11)16/h2-5,11H,6-8H2,1H3. The van der Waals surface area contributed by atoms with Crippen LogP contribution in [0.5, 0.6) is 0 Å². The van der Waals surface area contributed by atoms with Gasteiger partial charge in [0.2, 0.25) is 0 Å². The van der Waals surface area contributed by atoms with Crippen molar-refractivity contribution in [1.82, 2.24) is 0 Å². The van der Waals surface area contributed by atoms with Crippen molar-refractivity contribution in [2.45, 2.75) is 17.4 Å². The average Bonchev–Trinajstić information content (AvgIpc) is 2.83. The van der Waals surface area contributed by atoms with Gasteiger partial charge >= 0.3 is 0 Å². The number of Topliss-reactive ketones (excluding diaryl/α,β-unsaturated/α-hetero) is 2. The van der Waals surface area contributed by atoms with Crippen LogP contribution >= 0.6 is 23.5 Å². The first kappa shape index (κ1) is 12.3. The summed E-state index contributed by atoms with van der Waals surface area (Å²) >= 11 is 3.78. The summed E-state index contributed by atoms with van der Waals surface area (Å²) < 4.78 is -0.0686. The Bertz CT molecular complexity index is 518. The Balaban J connectivity index is 2.15. The smallest absolute Gasteiger partial charge is 0.173 e. The van der Waals surface area contributed by atoms with E-state index in [4.69, 9.17) is 0 Å². The highest BCUT2D eigenvalue weighted by molar-refractivity contribution is 8.20. The molecular formula is C14H14O2S2. The van der Waals surface area contributed by atoms with Crippen molar-refractivity contribution in [1.29, 1.82) is 0 Å². The fourth-order valence-electron chi connectivity index (χ4n) is 2.75. The van der Waals surface area contributed by atoms with E-state index in [1.54, 1.807) is 0 Å². The monoisotopic (exact) mass is 278 g/mol. The Kier molecular flexibility index (Phi) is 3.02. The number of hydrogen-bond acceptors (Lipinski definition) is 4. The molecule has 0 saturated carbocycles. The maximum atomic E-state index is 12.4. The van der Waals surface area contributed by atoms with Gasteiger partial charge in [0.25, 0.3) is 0 Å². The minimum absolute atomic E-state index is 0.00183. The van der Waals surface area contributed by atoms with Crippen molar-refractivity contribution >= 4 is 35.1 Å². The lowest BCUT2D eigenvalue weighted by Crippen LogP contribution is -2.36. The van der Waals surface area contributed by atoms with Gasteiger partial charge in [-0.05, 0) is 18.9 Å². The molecule has 1 heterocycles. The highest BCUT2D eigenvalue weighted by Crippen LogP contribution is 2.58. The molecule has 2 aliphatic rings. The maximum Gasteiger partial charge on any atom is 0.173 e. The predicted molar refractivity (Wildman–Crippen MR) is 76.2 cm³/mol. The van der Waals surface area contributed by atoms with Crippen LogP contribution in [-0.2, 0) is 8.87 Å². The zero-order valence-corrected chi connectivity index (χ0v) is 11.8. The molecule has 0 radical (unpaired) electrons. The fourth-order valence-corrected chi connectivity index (χ4v) is 6.14. The molecule has 1 fully saturated rings. The SMILES string of the molecule is CC(=O)C1CC2(SCCS2)c2ccccc2C1=O. The van der Waals surface area contributed by atoms with Crippen molar-refractivity contribution in [2.75, 3.05) is 11.5 Å². The number of carbonyl (C=O) groups excluding carboxylic acids is 2. The molecular weight excluding hydrogens is 264 g/mol. The van der Waals surface area contributed by atoms with E-state index in [2.05, 4.69) is 6.07 Å². The summed E-state index contributed by atoms with van der Waals surface area (Å²) in [5, 5.41) is 0. The molecule has 4 heteroatoms. The third-order valence-corrected chi connectivity index (χ3v) is 7.12. The van der Waals surface area contributed by atoms with E-state index in [1.165, 1.54) is 6.92 Å². The van der Waals surface area contributed by atoms with Crippen LogP contribution in [0.3, 0.4) is 0 Å². The van der Waals surface area contributed by atoms with E-state index >= 15 is 0 Å². The van der Waals surface area contributed by atoms with Gasteiger partial charge in [-0.15, -0.1) is 23.5 Å². The molecule has 2 nitrogen and oxygen atoms in total. The molecule has 1 aliphatic heterocycles. The van der Waals surface area contributed by atoms with Crippen LogP contribution in [0.15, 0.2) is 24.3 Å². The van der Waals surface area contributed by atoms with Crippen LogP contribution in [0.2, 0.25) is 0 Å². The summed E-state index contributed by atoms with van der Waals surface area (Å²) in [5.41, 5.74) is 1.88. The molecule has 0 aromatic heterocycles. The molecule has 1 spiro atoms. The van der Waals surface area contributed by atoms with E-state index in [1.807, 2.05) is 41.7 Å². The Hall–Kier alpha value is -0.740. The number of benzene rings is 1. The second-order valence-electron chi connectivity index (χ2n) is 4.73. The van der Waals surface area contributed by atoms with Gasteiger partial charge in [-0.1, -0.05) is 24.3 Å². The van der Waals surface area contributed by atoms with Crippen LogP contribution < -0.4 is 0 Å². The molecule has 0 N–H and O–H groups in total. The van der Waals surface area contributed by atoms with Gasteiger partial charge < -0.3 is 0 Å². The Morgan fingerprint density at radius 3 is 2.61 bits per heavy atom. The normalized spacial score (nSPS) is 25.2. The lowest BCUT2D eigenvalue weighted by atomic mass is 9.80. The molecule has 1 atom stereocenters. The van der Waals surface area contributed by atoms with E-state index in [0.29, 0.717) is 6.42 Å². The minimum atomic E-state index is -0.446. The zero-order valence-electron chi connectivity index (χ0n) is 10.1. The number of fused-ring (bicyclic) bond motifs is 2. The first-order chi connectivity index (χ1) is 8.64. The van der Waals surface area contributed by atoms with Crippen molar-refractivity contribution in [3.8, 4) is 0 Å². The van der Waals surface area contributed by atoms with Crippen molar-refractivity contribution in [3.05, 3.63) is 35.4 Å².